The summed E-state index contributed by atoms with van der Waals surface area (Å²) in [5.41, 5.74) is 0. The fraction of sp³-hybridized carbons (Fsp3) is 0.727. The van der Waals surface area contributed by atoms with Crippen LogP contribution >= 0.6 is 15.9 Å². The number of halogens is 1. The van der Waals surface area contributed by atoms with Crippen molar-refractivity contribution in [2.45, 2.75) is 31.9 Å². The van der Waals surface area contributed by atoms with Crippen molar-refractivity contribution in [1.82, 2.24) is 9.78 Å². The Morgan fingerprint density at radius 3 is 2.78 bits per heavy atom. The van der Waals surface area contributed by atoms with Gasteiger partial charge in [-0.15, -0.1) is 0 Å². The molecule has 0 bridgehead atoms. The van der Waals surface area contributed by atoms with E-state index in [1.54, 1.807) is 17.1 Å². The van der Waals surface area contributed by atoms with E-state index >= 15 is 0 Å². The van der Waals surface area contributed by atoms with Gasteiger partial charge in [0.2, 0.25) is 0 Å². The molecule has 1 aromatic rings. The fourth-order valence-electron chi connectivity index (χ4n) is 1.67. The minimum atomic E-state index is -3.05. The zero-order chi connectivity index (χ0) is 13.0. The second kappa shape index (κ2) is 6.16. The van der Waals surface area contributed by atoms with Crippen molar-refractivity contribution < 1.29 is 13.2 Å². The first-order valence-corrected chi connectivity index (χ1v) is 8.66. The molecule has 1 aliphatic rings. The number of nitrogens with zero attached hydrogens (tertiary/aromatic N) is 2. The third kappa shape index (κ3) is 4.37. The molecule has 0 saturated heterocycles. The van der Waals surface area contributed by atoms with Crippen LogP contribution in [-0.2, 0) is 21.1 Å². The highest BCUT2D eigenvalue weighted by molar-refractivity contribution is 9.10. The van der Waals surface area contributed by atoms with Gasteiger partial charge in [0.1, 0.15) is 0 Å². The number of ether oxygens (including phenoxy) is 1. The van der Waals surface area contributed by atoms with Crippen LogP contribution in [-0.4, -0.2) is 42.4 Å². The molecule has 1 aliphatic carbocycles. The molecule has 0 amide bonds. The van der Waals surface area contributed by atoms with Gasteiger partial charge < -0.3 is 4.74 Å². The average molecular weight is 337 g/mol. The molecule has 0 aromatic carbocycles. The summed E-state index contributed by atoms with van der Waals surface area (Å²) in [4.78, 5) is 0. The van der Waals surface area contributed by atoms with Gasteiger partial charge in [-0.05, 0) is 35.2 Å². The second-order valence-corrected chi connectivity index (χ2v) is 7.72. The van der Waals surface area contributed by atoms with Crippen LogP contribution in [0.5, 0.6) is 0 Å². The van der Waals surface area contributed by atoms with Gasteiger partial charge in [0.25, 0.3) is 0 Å². The maximum Gasteiger partial charge on any atom is 0.154 e. The lowest BCUT2D eigenvalue weighted by Gasteiger charge is -2.25. The number of aromatic nitrogens is 2. The first-order chi connectivity index (χ1) is 8.55. The van der Waals surface area contributed by atoms with Crippen LogP contribution in [0.2, 0.25) is 0 Å². The molecule has 0 atom stereocenters. The summed E-state index contributed by atoms with van der Waals surface area (Å²) in [5.74, 6) is 0.209. The highest BCUT2D eigenvalue weighted by Crippen LogP contribution is 2.21. The van der Waals surface area contributed by atoms with Crippen LogP contribution < -0.4 is 0 Å². The lowest BCUT2D eigenvalue weighted by molar-refractivity contribution is 0.0110. The van der Waals surface area contributed by atoms with Crippen molar-refractivity contribution in [1.29, 1.82) is 0 Å². The molecule has 2 rings (SSSR count). The summed E-state index contributed by atoms with van der Waals surface area (Å²) < 4.78 is 31.5. The molecule has 0 spiro atoms. The second-order valence-electron chi connectivity index (χ2n) is 4.50. The van der Waals surface area contributed by atoms with Crippen molar-refractivity contribution in [3.63, 3.8) is 0 Å². The van der Waals surface area contributed by atoms with Crippen LogP contribution in [0.15, 0.2) is 16.9 Å². The zero-order valence-corrected chi connectivity index (χ0v) is 12.5. The average Bonchev–Trinajstić information content (AvgIpc) is 2.66. The largest absolute Gasteiger partial charge is 0.377 e. The van der Waals surface area contributed by atoms with E-state index in [0.717, 1.165) is 17.3 Å². The first-order valence-electron chi connectivity index (χ1n) is 6.05. The minimum absolute atomic E-state index is 0.103. The zero-order valence-electron chi connectivity index (χ0n) is 10.1. The lowest BCUT2D eigenvalue weighted by Crippen LogP contribution is -2.26. The molecule has 1 aromatic heterocycles. The predicted molar refractivity (Wildman–Crippen MR) is 72.2 cm³/mol. The van der Waals surface area contributed by atoms with Gasteiger partial charge in [-0.25, -0.2) is 8.42 Å². The summed E-state index contributed by atoms with van der Waals surface area (Å²) >= 11 is 3.27. The van der Waals surface area contributed by atoms with E-state index in [2.05, 4.69) is 21.0 Å². The monoisotopic (exact) mass is 336 g/mol. The molecule has 102 valence electrons. The Morgan fingerprint density at radius 1 is 1.44 bits per heavy atom. The Hall–Kier alpha value is -0.400. The SMILES string of the molecule is O=S(=O)(CCOC1CCC1)CCn1cc(Br)cn1. The Labute approximate surface area is 116 Å². The molecule has 5 nitrogen and oxygen atoms in total. The van der Waals surface area contributed by atoms with Gasteiger partial charge in [-0.2, -0.15) is 5.10 Å². The smallest absolute Gasteiger partial charge is 0.154 e. The van der Waals surface area contributed by atoms with E-state index in [0.29, 0.717) is 19.3 Å². The molecule has 7 heteroatoms. The molecule has 1 heterocycles. The normalized spacial score (nSPS) is 16.7. The Balaban J connectivity index is 1.69. The Morgan fingerprint density at radius 2 is 2.22 bits per heavy atom. The van der Waals surface area contributed by atoms with Crippen molar-refractivity contribution >= 4 is 25.8 Å². The van der Waals surface area contributed by atoms with Gasteiger partial charge >= 0.3 is 0 Å². The van der Waals surface area contributed by atoms with Crippen LogP contribution in [0.1, 0.15) is 19.3 Å². The summed E-state index contributed by atoms with van der Waals surface area (Å²) in [6.07, 6.45) is 7.04. The molecular weight excluding hydrogens is 320 g/mol. The third-order valence-corrected chi connectivity index (χ3v) is 5.04. The molecular formula is C11H17BrN2O3S. The van der Waals surface area contributed by atoms with Crippen LogP contribution in [0, 0.1) is 0 Å². The van der Waals surface area contributed by atoms with Gasteiger partial charge in [0.15, 0.2) is 9.84 Å². The van der Waals surface area contributed by atoms with Gasteiger partial charge in [-0.3, -0.25) is 4.68 Å². The van der Waals surface area contributed by atoms with Crippen molar-refractivity contribution in [3.8, 4) is 0 Å². The van der Waals surface area contributed by atoms with E-state index in [4.69, 9.17) is 4.74 Å². The van der Waals surface area contributed by atoms with E-state index in [1.165, 1.54) is 6.42 Å². The minimum Gasteiger partial charge on any atom is -0.377 e. The van der Waals surface area contributed by atoms with Crippen molar-refractivity contribution in [3.05, 3.63) is 16.9 Å². The van der Waals surface area contributed by atoms with Crippen LogP contribution in [0.3, 0.4) is 0 Å². The van der Waals surface area contributed by atoms with E-state index in [9.17, 15) is 8.42 Å². The number of hydrogen-bond acceptors (Lipinski definition) is 4. The number of sulfone groups is 1. The Bertz CT molecular complexity index is 482. The fourth-order valence-corrected chi connectivity index (χ4v) is 3.02. The number of aryl methyl sites for hydroxylation is 1. The third-order valence-electron chi connectivity index (χ3n) is 3.03. The summed E-state index contributed by atoms with van der Waals surface area (Å²) in [7, 11) is -3.05. The van der Waals surface area contributed by atoms with Crippen LogP contribution in [0.25, 0.3) is 0 Å². The van der Waals surface area contributed by atoms with E-state index in [1.807, 2.05) is 0 Å². The predicted octanol–water partition coefficient (Wildman–Crippen LogP) is 1.63. The van der Waals surface area contributed by atoms with Gasteiger partial charge in [-0.1, -0.05) is 0 Å². The summed E-state index contributed by atoms with van der Waals surface area (Å²) in [5, 5.41) is 4.02. The van der Waals surface area contributed by atoms with Crippen LogP contribution in [0.4, 0.5) is 0 Å². The van der Waals surface area contributed by atoms with E-state index < -0.39 is 9.84 Å². The number of rotatable bonds is 7. The molecule has 0 aliphatic heterocycles. The topological polar surface area (TPSA) is 61.2 Å². The first kappa shape index (κ1) is 14.0. The maximum atomic E-state index is 11.8. The highest BCUT2D eigenvalue weighted by Gasteiger charge is 2.19. The maximum absolute atomic E-state index is 11.8. The summed E-state index contributed by atoms with van der Waals surface area (Å²) in [6.45, 7) is 0.702. The summed E-state index contributed by atoms with van der Waals surface area (Å²) in [6, 6.07) is 0. The molecule has 18 heavy (non-hydrogen) atoms. The van der Waals surface area contributed by atoms with Crippen molar-refractivity contribution in [2.24, 2.45) is 0 Å². The van der Waals surface area contributed by atoms with Gasteiger partial charge in [0.05, 0.1) is 41.4 Å². The molecule has 1 fully saturated rings. The quantitative estimate of drug-likeness (QED) is 0.759. The lowest BCUT2D eigenvalue weighted by atomic mass is 9.96. The molecule has 1 saturated carbocycles. The standard InChI is InChI=1S/C11H17BrN2O3S/c12-10-8-13-14(9-10)4-6-18(15,16)7-5-17-11-2-1-3-11/h8-9,11H,1-7H2. The molecule has 0 unspecified atom stereocenters. The molecule has 0 radical (unpaired) electrons. The van der Waals surface area contributed by atoms with Crippen molar-refractivity contribution in [2.75, 3.05) is 18.1 Å². The number of hydrogen-bond donors (Lipinski definition) is 0. The van der Waals surface area contributed by atoms with E-state index in [-0.39, 0.29) is 11.5 Å². The Kier molecular flexibility index (Phi) is 4.80. The highest BCUT2D eigenvalue weighted by atomic mass is 79.9. The molecule has 0 N–H and O–H groups in total. The van der Waals surface area contributed by atoms with Gasteiger partial charge in [0, 0.05) is 6.20 Å².